The lowest BCUT2D eigenvalue weighted by Crippen LogP contribution is -2.45. The van der Waals surface area contributed by atoms with Gasteiger partial charge in [-0.1, -0.05) is 90.2 Å². The SMILES string of the molecule is CCC/C=C/[C@@H]1O[C@H](CCCCCCCCCCC)C[C@H](O)[C@H]1CO. The van der Waals surface area contributed by atoms with Crippen molar-refractivity contribution in [3.8, 4) is 0 Å². The molecule has 1 aliphatic heterocycles. The first-order valence-corrected chi connectivity index (χ1v) is 10.8. The molecular weight excluding hydrogens is 312 g/mol. The summed E-state index contributed by atoms with van der Waals surface area (Å²) in [6, 6.07) is 0. The van der Waals surface area contributed by atoms with Crippen LogP contribution in [0.4, 0.5) is 0 Å². The van der Waals surface area contributed by atoms with E-state index < -0.39 is 6.10 Å². The van der Waals surface area contributed by atoms with Crippen LogP contribution in [0.25, 0.3) is 0 Å². The van der Waals surface area contributed by atoms with Crippen LogP contribution in [0.3, 0.4) is 0 Å². The first kappa shape index (κ1) is 22.7. The Morgan fingerprint density at radius 3 is 2.16 bits per heavy atom. The fraction of sp³-hybridized carbons (Fsp3) is 0.909. The second-order valence-corrected chi connectivity index (χ2v) is 7.71. The van der Waals surface area contributed by atoms with Gasteiger partial charge in [0.1, 0.15) is 0 Å². The van der Waals surface area contributed by atoms with Crippen LogP contribution in [-0.2, 0) is 4.74 Å². The van der Waals surface area contributed by atoms with E-state index in [0.29, 0.717) is 6.42 Å². The van der Waals surface area contributed by atoms with Crippen molar-refractivity contribution in [1.29, 1.82) is 0 Å². The summed E-state index contributed by atoms with van der Waals surface area (Å²) in [4.78, 5) is 0. The highest BCUT2D eigenvalue weighted by atomic mass is 16.5. The number of allylic oxidation sites excluding steroid dienone is 1. The predicted molar refractivity (Wildman–Crippen MR) is 106 cm³/mol. The molecule has 148 valence electrons. The zero-order valence-electron chi connectivity index (χ0n) is 16.7. The Balaban J connectivity index is 2.20. The Labute approximate surface area is 155 Å². The lowest BCUT2D eigenvalue weighted by molar-refractivity contribution is -0.130. The molecule has 25 heavy (non-hydrogen) atoms. The van der Waals surface area contributed by atoms with E-state index in [2.05, 4.69) is 26.0 Å². The summed E-state index contributed by atoms with van der Waals surface area (Å²) in [5.74, 6) is -0.174. The summed E-state index contributed by atoms with van der Waals surface area (Å²) < 4.78 is 6.17. The van der Waals surface area contributed by atoms with E-state index in [0.717, 1.165) is 19.3 Å². The fourth-order valence-corrected chi connectivity index (χ4v) is 3.72. The van der Waals surface area contributed by atoms with E-state index in [1.54, 1.807) is 0 Å². The number of ether oxygens (including phenoxy) is 1. The van der Waals surface area contributed by atoms with Crippen LogP contribution in [0.1, 0.15) is 97.3 Å². The molecule has 0 amide bonds. The molecule has 1 saturated heterocycles. The van der Waals surface area contributed by atoms with Crippen molar-refractivity contribution in [1.82, 2.24) is 0 Å². The summed E-state index contributed by atoms with van der Waals surface area (Å²) in [5.41, 5.74) is 0. The van der Waals surface area contributed by atoms with Crippen molar-refractivity contribution >= 4 is 0 Å². The van der Waals surface area contributed by atoms with Gasteiger partial charge in [-0.15, -0.1) is 0 Å². The average molecular weight is 355 g/mol. The third-order valence-electron chi connectivity index (χ3n) is 5.39. The van der Waals surface area contributed by atoms with E-state index >= 15 is 0 Å². The molecule has 0 aromatic heterocycles. The van der Waals surface area contributed by atoms with Gasteiger partial charge in [-0.05, 0) is 19.3 Å². The lowest BCUT2D eigenvalue weighted by atomic mass is 9.87. The monoisotopic (exact) mass is 354 g/mol. The Bertz CT molecular complexity index is 329. The Kier molecular flexibility index (Phi) is 13.4. The van der Waals surface area contributed by atoms with Crippen LogP contribution >= 0.6 is 0 Å². The molecule has 1 rings (SSSR count). The number of hydrogen-bond acceptors (Lipinski definition) is 3. The highest BCUT2D eigenvalue weighted by molar-refractivity contribution is 4.98. The molecule has 0 aromatic rings. The zero-order valence-corrected chi connectivity index (χ0v) is 16.7. The molecule has 0 aromatic carbocycles. The minimum atomic E-state index is -0.446. The Morgan fingerprint density at radius 2 is 1.56 bits per heavy atom. The Hall–Kier alpha value is -0.380. The Morgan fingerprint density at radius 1 is 0.920 bits per heavy atom. The van der Waals surface area contributed by atoms with Crippen LogP contribution < -0.4 is 0 Å². The molecule has 1 heterocycles. The van der Waals surface area contributed by atoms with Crippen LogP contribution in [0, 0.1) is 5.92 Å². The lowest BCUT2D eigenvalue weighted by Gasteiger charge is -2.38. The highest BCUT2D eigenvalue weighted by Gasteiger charge is 2.35. The standard InChI is InChI=1S/C22H42O3/c1-3-5-7-8-9-10-11-12-14-15-19-17-21(24)20(18-23)22(25-19)16-13-6-4-2/h13,16,19-24H,3-12,14-15,17-18H2,1-2H3/b16-13+/t19-,20-,21+,22+/m1/s1. The summed E-state index contributed by atoms with van der Waals surface area (Å²) in [7, 11) is 0. The molecule has 0 bridgehead atoms. The second-order valence-electron chi connectivity index (χ2n) is 7.71. The first-order chi connectivity index (χ1) is 12.2. The third kappa shape index (κ3) is 9.77. The van der Waals surface area contributed by atoms with Gasteiger partial charge >= 0.3 is 0 Å². The van der Waals surface area contributed by atoms with Gasteiger partial charge in [-0.2, -0.15) is 0 Å². The van der Waals surface area contributed by atoms with Crippen molar-refractivity contribution in [3.05, 3.63) is 12.2 Å². The maximum atomic E-state index is 10.3. The molecule has 1 aliphatic rings. The molecule has 4 atom stereocenters. The summed E-state index contributed by atoms with van der Waals surface area (Å²) in [5, 5.41) is 19.9. The van der Waals surface area contributed by atoms with Crippen molar-refractivity contribution in [3.63, 3.8) is 0 Å². The largest absolute Gasteiger partial charge is 0.396 e. The van der Waals surface area contributed by atoms with E-state index in [1.165, 1.54) is 57.8 Å². The first-order valence-electron chi connectivity index (χ1n) is 10.8. The number of rotatable bonds is 14. The number of aliphatic hydroxyl groups excluding tert-OH is 2. The molecule has 0 aliphatic carbocycles. The molecular formula is C22H42O3. The van der Waals surface area contributed by atoms with E-state index in [4.69, 9.17) is 4.74 Å². The van der Waals surface area contributed by atoms with Gasteiger partial charge < -0.3 is 14.9 Å². The smallest absolute Gasteiger partial charge is 0.0834 e. The van der Waals surface area contributed by atoms with Crippen molar-refractivity contribution < 1.29 is 14.9 Å². The topological polar surface area (TPSA) is 49.7 Å². The normalized spacial score (nSPS) is 27.2. The fourth-order valence-electron chi connectivity index (χ4n) is 3.72. The molecule has 1 fully saturated rings. The van der Waals surface area contributed by atoms with Crippen molar-refractivity contribution in [2.24, 2.45) is 5.92 Å². The maximum absolute atomic E-state index is 10.3. The highest BCUT2D eigenvalue weighted by Crippen LogP contribution is 2.29. The number of hydrogen-bond donors (Lipinski definition) is 2. The van der Waals surface area contributed by atoms with E-state index in [-0.39, 0.29) is 24.7 Å². The average Bonchev–Trinajstić information content (AvgIpc) is 2.60. The van der Waals surface area contributed by atoms with E-state index in [1.807, 2.05) is 0 Å². The summed E-state index contributed by atoms with van der Waals surface area (Å²) >= 11 is 0. The minimum Gasteiger partial charge on any atom is -0.396 e. The van der Waals surface area contributed by atoms with E-state index in [9.17, 15) is 10.2 Å². The van der Waals surface area contributed by atoms with Crippen LogP contribution in [0.5, 0.6) is 0 Å². The van der Waals surface area contributed by atoms with Crippen molar-refractivity contribution in [2.75, 3.05) is 6.61 Å². The minimum absolute atomic E-state index is 0.00690. The molecule has 3 heteroatoms. The van der Waals surface area contributed by atoms with Gasteiger partial charge in [0.05, 0.1) is 24.9 Å². The molecule has 2 N–H and O–H groups in total. The predicted octanol–water partition coefficient (Wildman–Crippen LogP) is 5.39. The molecule has 0 saturated carbocycles. The number of unbranched alkanes of at least 4 members (excludes halogenated alkanes) is 9. The van der Waals surface area contributed by atoms with Crippen LogP contribution in [0.2, 0.25) is 0 Å². The van der Waals surface area contributed by atoms with Gasteiger partial charge in [0, 0.05) is 5.92 Å². The third-order valence-corrected chi connectivity index (χ3v) is 5.39. The van der Waals surface area contributed by atoms with Gasteiger partial charge in [0.25, 0.3) is 0 Å². The zero-order chi connectivity index (χ0) is 18.3. The quantitative estimate of drug-likeness (QED) is 0.325. The number of aliphatic hydroxyl groups is 2. The summed E-state index contributed by atoms with van der Waals surface area (Å²) in [6.45, 7) is 4.40. The van der Waals surface area contributed by atoms with Crippen LogP contribution in [0.15, 0.2) is 12.2 Å². The van der Waals surface area contributed by atoms with Crippen LogP contribution in [-0.4, -0.2) is 35.1 Å². The van der Waals surface area contributed by atoms with Crippen molar-refractivity contribution in [2.45, 2.75) is 116 Å². The maximum Gasteiger partial charge on any atom is 0.0834 e. The van der Waals surface area contributed by atoms with Gasteiger partial charge in [0.2, 0.25) is 0 Å². The summed E-state index contributed by atoms with van der Waals surface area (Å²) in [6.07, 6.45) is 19.5. The molecule has 0 radical (unpaired) electrons. The van der Waals surface area contributed by atoms with Gasteiger partial charge in [-0.25, -0.2) is 0 Å². The van der Waals surface area contributed by atoms with Gasteiger partial charge in [0.15, 0.2) is 0 Å². The molecule has 3 nitrogen and oxygen atoms in total. The van der Waals surface area contributed by atoms with Gasteiger partial charge in [-0.3, -0.25) is 0 Å². The second kappa shape index (κ2) is 14.8. The molecule has 0 unspecified atom stereocenters. The molecule has 0 spiro atoms.